The summed E-state index contributed by atoms with van der Waals surface area (Å²) in [5.41, 5.74) is 3.25. The fourth-order valence-corrected chi connectivity index (χ4v) is 3.53. The molecule has 0 saturated heterocycles. The van der Waals surface area contributed by atoms with Crippen molar-refractivity contribution in [2.24, 2.45) is 0 Å². The summed E-state index contributed by atoms with van der Waals surface area (Å²) in [7, 11) is 1.54. The van der Waals surface area contributed by atoms with Crippen LogP contribution in [0.3, 0.4) is 0 Å². The number of rotatable bonds is 8. The first kappa shape index (κ1) is 21.6. The highest BCUT2D eigenvalue weighted by Gasteiger charge is 2.14. The van der Waals surface area contributed by atoms with E-state index in [2.05, 4.69) is 21.2 Å². The first-order chi connectivity index (χ1) is 14.4. The fraction of sp³-hybridized carbons (Fsp3) is 0.174. The number of ether oxygens (including phenoxy) is 2. The summed E-state index contributed by atoms with van der Waals surface area (Å²) in [4.78, 5) is 11.2. The monoisotopic (exact) mass is 473 g/mol. The zero-order valence-corrected chi connectivity index (χ0v) is 18.1. The van der Waals surface area contributed by atoms with Crippen molar-refractivity contribution in [3.8, 4) is 11.5 Å². The van der Waals surface area contributed by atoms with Gasteiger partial charge in [-0.3, -0.25) is 0 Å². The average Bonchev–Trinajstić information content (AvgIpc) is 2.72. The number of hydrogen-bond acceptors (Lipinski definition) is 4. The number of carboxylic acid groups (broad SMARTS) is 1. The third kappa shape index (κ3) is 5.10. The molecular formula is C23H21BrFNO4. The molecule has 0 saturated carbocycles. The van der Waals surface area contributed by atoms with E-state index in [0.717, 1.165) is 16.8 Å². The molecule has 156 valence electrons. The fourth-order valence-electron chi connectivity index (χ4n) is 2.92. The van der Waals surface area contributed by atoms with Gasteiger partial charge in [0.2, 0.25) is 0 Å². The molecule has 0 aliphatic rings. The van der Waals surface area contributed by atoms with E-state index < -0.39 is 5.97 Å². The number of aryl methyl sites for hydroxylation is 1. The van der Waals surface area contributed by atoms with Gasteiger partial charge in [0.1, 0.15) is 12.4 Å². The maximum absolute atomic E-state index is 13.8. The standard InChI is InChI=1S/C23H21BrFNO4/c1-14-7-8-16(23(27)28)11-20(14)26-12-15-9-18(24)22(21(10-15)29-2)30-13-17-5-3-4-6-19(17)25/h3-11,26H,12-13H2,1-2H3,(H,27,28). The summed E-state index contributed by atoms with van der Waals surface area (Å²) in [5, 5.41) is 12.4. The molecule has 5 nitrogen and oxygen atoms in total. The highest BCUT2D eigenvalue weighted by molar-refractivity contribution is 9.10. The molecule has 0 atom stereocenters. The highest BCUT2D eigenvalue weighted by Crippen LogP contribution is 2.37. The van der Waals surface area contributed by atoms with Crippen molar-refractivity contribution in [1.82, 2.24) is 0 Å². The number of nitrogens with one attached hydrogen (secondary N) is 1. The molecule has 0 aliphatic carbocycles. The van der Waals surface area contributed by atoms with E-state index in [1.54, 1.807) is 36.4 Å². The molecule has 2 N–H and O–H groups in total. The van der Waals surface area contributed by atoms with Crippen LogP contribution >= 0.6 is 15.9 Å². The Morgan fingerprint density at radius 2 is 1.93 bits per heavy atom. The lowest BCUT2D eigenvalue weighted by Crippen LogP contribution is -2.05. The van der Waals surface area contributed by atoms with Crippen molar-refractivity contribution >= 4 is 27.6 Å². The molecule has 30 heavy (non-hydrogen) atoms. The molecule has 3 aromatic rings. The molecule has 0 radical (unpaired) electrons. The zero-order valence-electron chi connectivity index (χ0n) is 16.5. The number of hydrogen-bond donors (Lipinski definition) is 2. The predicted molar refractivity (Wildman–Crippen MR) is 117 cm³/mol. The summed E-state index contributed by atoms with van der Waals surface area (Å²) in [6, 6.07) is 15.1. The van der Waals surface area contributed by atoms with E-state index in [1.807, 2.05) is 19.1 Å². The van der Waals surface area contributed by atoms with Crippen molar-refractivity contribution in [2.45, 2.75) is 20.1 Å². The van der Waals surface area contributed by atoms with Gasteiger partial charge in [0, 0.05) is 17.8 Å². The van der Waals surface area contributed by atoms with Crippen molar-refractivity contribution < 1.29 is 23.8 Å². The van der Waals surface area contributed by atoms with Crippen molar-refractivity contribution in [2.75, 3.05) is 12.4 Å². The molecule has 0 spiro atoms. The quantitative estimate of drug-likeness (QED) is 0.432. The zero-order chi connectivity index (χ0) is 21.7. The third-order valence-electron chi connectivity index (χ3n) is 4.59. The second kappa shape index (κ2) is 9.63. The van der Waals surface area contributed by atoms with Crippen LogP contribution in [0.15, 0.2) is 59.1 Å². The Kier molecular flexibility index (Phi) is 6.95. The summed E-state index contributed by atoms with van der Waals surface area (Å²) < 4.78 is 25.8. The van der Waals surface area contributed by atoms with Gasteiger partial charge in [0.05, 0.1) is 17.1 Å². The SMILES string of the molecule is COc1cc(CNc2cc(C(=O)O)ccc2C)cc(Br)c1OCc1ccccc1F. The summed E-state index contributed by atoms with van der Waals surface area (Å²) in [6.45, 7) is 2.43. The van der Waals surface area contributed by atoms with E-state index in [4.69, 9.17) is 9.47 Å². The van der Waals surface area contributed by atoms with Gasteiger partial charge in [-0.2, -0.15) is 0 Å². The minimum Gasteiger partial charge on any atom is -0.493 e. The summed E-state index contributed by atoms with van der Waals surface area (Å²) >= 11 is 3.50. The van der Waals surface area contributed by atoms with Crippen molar-refractivity contribution in [3.05, 3.63) is 87.1 Å². The minimum absolute atomic E-state index is 0.0698. The molecule has 0 aromatic heterocycles. The third-order valence-corrected chi connectivity index (χ3v) is 5.18. The lowest BCUT2D eigenvalue weighted by Gasteiger charge is -2.16. The lowest BCUT2D eigenvalue weighted by atomic mass is 10.1. The Hall–Kier alpha value is -3.06. The Balaban J connectivity index is 1.76. The van der Waals surface area contributed by atoms with Crippen LogP contribution in [0.25, 0.3) is 0 Å². The molecule has 0 amide bonds. The van der Waals surface area contributed by atoms with Gasteiger partial charge < -0.3 is 19.9 Å². The normalized spacial score (nSPS) is 10.5. The van der Waals surface area contributed by atoms with Crippen LogP contribution in [-0.2, 0) is 13.2 Å². The van der Waals surface area contributed by atoms with Crippen molar-refractivity contribution in [3.63, 3.8) is 0 Å². The van der Waals surface area contributed by atoms with Crippen LogP contribution in [0.1, 0.15) is 27.0 Å². The Morgan fingerprint density at radius 3 is 2.63 bits per heavy atom. The van der Waals surface area contributed by atoms with Crippen LogP contribution < -0.4 is 14.8 Å². The number of carboxylic acids is 1. The molecule has 3 rings (SSSR count). The number of aromatic carboxylic acids is 1. The molecule has 0 unspecified atom stereocenters. The van der Waals surface area contributed by atoms with Gasteiger partial charge in [0.15, 0.2) is 11.5 Å². The predicted octanol–water partition coefficient (Wildman–Crippen LogP) is 5.79. The van der Waals surface area contributed by atoms with Gasteiger partial charge in [-0.25, -0.2) is 9.18 Å². The minimum atomic E-state index is -0.973. The first-order valence-electron chi connectivity index (χ1n) is 9.19. The molecule has 7 heteroatoms. The van der Waals surface area contributed by atoms with Gasteiger partial charge in [-0.1, -0.05) is 24.3 Å². The van der Waals surface area contributed by atoms with E-state index in [1.165, 1.54) is 13.2 Å². The summed E-state index contributed by atoms with van der Waals surface area (Å²) in [6.07, 6.45) is 0. The largest absolute Gasteiger partial charge is 0.493 e. The second-order valence-corrected chi connectivity index (χ2v) is 7.53. The van der Waals surface area contributed by atoms with E-state index in [-0.39, 0.29) is 18.0 Å². The maximum atomic E-state index is 13.8. The van der Waals surface area contributed by atoms with Gasteiger partial charge in [0.25, 0.3) is 0 Å². The molecule has 0 heterocycles. The number of carbonyl (C=O) groups is 1. The molecule has 3 aromatic carbocycles. The lowest BCUT2D eigenvalue weighted by molar-refractivity contribution is 0.0697. The van der Waals surface area contributed by atoms with E-state index >= 15 is 0 Å². The second-order valence-electron chi connectivity index (χ2n) is 6.68. The molecular weight excluding hydrogens is 453 g/mol. The Bertz CT molecular complexity index is 1070. The smallest absolute Gasteiger partial charge is 0.335 e. The molecule has 0 bridgehead atoms. The van der Waals surface area contributed by atoms with E-state index in [9.17, 15) is 14.3 Å². The van der Waals surface area contributed by atoms with Gasteiger partial charge in [-0.15, -0.1) is 0 Å². The van der Waals surface area contributed by atoms with Crippen molar-refractivity contribution in [1.29, 1.82) is 0 Å². The molecule has 0 fully saturated rings. The maximum Gasteiger partial charge on any atom is 0.335 e. The number of benzene rings is 3. The number of halogens is 2. The molecule has 0 aliphatic heterocycles. The van der Waals surface area contributed by atoms with Gasteiger partial charge in [-0.05, 0) is 64.3 Å². The van der Waals surface area contributed by atoms with Crippen LogP contribution in [0.2, 0.25) is 0 Å². The first-order valence-corrected chi connectivity index (χ1v) is 9.98. The van der Waals surface area contributed by atoms with Crippen LogP contribution in [0, 0.1) is 12.7 Å². The highest BCUT2D eigenvalue weighted by atomic mass is 79.9. The Labute approximate surface area is 182 Å². The van der Waals surface area contributed by atoms with Crippen LogP contribution in [0.4, 0.5) is 10.1 Å². The number of methoxy groups -OCH3 is 1. The van der Waals surface area contributed by atoms with Crippen LogP contribution in [0.5, 0.6) is 11.5 Å². The summed E-state index contributed by atoms with van der Waals surface area (Å²) in [5.74, 6) is -0.312. The average molecular weight is 474 g/mol. The Morgan fingerprint density at radius 1 is 1.17 bits per heavy atom. The topological polar surface area (TPSA) is 67.8 Å². The van der Waals surface area contributed by atoms with Crippen LogP contribution in [-0.4, -0.2) is 18.2 Å². The number of anilines is 1. The van der Waals surface area contributed by atoms with Gasteiger partial charge >= 0.3 is 5.97 Å². The van der Waals surface area contributed by atoms with E-state index in [0.29, 0.717) is 28.1 Å².